The van der Waals surface area contributed by atoms with E-state index < -0.39 is 17.4 Å². The quantitative estimate of drug-likeness (QED) is 0.517. The Morgan fingerprint density at radius 3 is 2.48 bits per heavy atom. The Balaban J connectivity index is 2.05. The number of hydrogen-bond acceptors (Lipinski definition) is 3. The molecule has 1 aromatic rings. The van der Waals surface area contributed by atoms with Gasteiger partial charge >= 0.3 is 5.97 Å². The first kappa shape index (κ1) is 21.4. The second-order valence-electron chi connectivity index (χ2n) is 8.17. The van der Waals surface area contributed by atoms with Gasteiger partial charge in [0.05, 0.1) is 11.5 Å². The van der Waals surface area contributed by atoms with Crippen LogP contribution in [0.15, 0.2) is 30.3 Å². The number of nitrogens with one attached hydrogen (secondary N) is 1. The molecule has 1 amide bonds. The van der Waals surface area contributed by atoms with Gasteiger partial charge in [-0.15, -0.1) is 0 Å². The summed E-state index contributed by atoms with van der Waals surface area (Å²) < 4.78 is 0. The summed E-state index contributed by atoms with van der Waals surface area (Å²) >= 11 is 0. The third-order valence-electron chi connectivity index (χ3n) is 5.88. The zero-order valence-electron chi connectivity index (χ0n) is 16.6. The molecule has 0 aromatic heterocycles. The maximum Gasteiger partial charge on any atom is 0.306 e. The highest BCUT2D eigenvalue weighted by atomic mass is 16.4. The molecule has 2 rings (SSSR count). The fourth-order valence-corrected chi connectivity index (χ4v) is 4.36. The number of nitrogens with two attached hydrogens (primary N) is 1. The van der Waals surface area contributed by atoms with Crippen molar-refractivity contribution in [3.8, 4) is 0 Å². The van der Waals surface area contributed by atoms with Crippen molar-refractivity contribution in [2.75, 3.05) is 0 Å². The highest BCUT2D eigenvalue weighted by molar-refractivity contribution is 5.76. The van der Waals surface area contributed by atoms with Gasteiger partial charge in [0.25, 0.3) is 0 Å². The Kier molecular flexibility index (Phi) is 7.84. The minimum atomic E-state index is -0.799. The van der Waals surface area contributed by atoms with E-state index in [-0.39, 0.29) is 11.9 Å². The summed E-state index contributed by atoms with van der Waals surface area (Å²) in [5.41, 5.74) is 7.30. The fourth-order valence-electron chi connectivity index (χ4n) is 4.36. The minimum absolute atomic E-state index is 0.139. The molecule has 0 heterocycles. The Morgan fingerprint density at radius 1 is 1.26 bits per heavy atom. The highest BCUT2D eigenvalue weighted by Crippen LogP contribution is 2.42. The topological polar surface area (TPSA) is 92.4 Å². The summed E-state index contributed by atoms with van der Waals surface area (Å²) in [6, 6.07) is 10.2. The van der Waals surface area contributed by atoms with Crippen LogP contribution >= 0.6 is 0 Å². The molecular formula is C22H34N2O3. The second-order valence-corrected chi connectivity index (χ2v) is 8.17. The lowest BCUT2D eigenvalue weighted by atomic mass is 9.62. The molecule has 0 aliphatic heterocycles. The molecule has 1 fully saturated rings. The minimum Gasteiger partial charge on any atom is -0.481 e. The number of amides is 1. The Hall–Kier alpha value is -1.88. The van der Waals surface area contributed by atoms with Gasteiger partial charge in [-0.3, -0.25) is 9.59 Å². The second kappa shape index (κ2) is 9.88. The molecule has 1 saturated carbocycles. The molecule has 1 aliphatic carbocycles. The van der Waals surface area contributed by atoms with Crippen LogP contribution < -0.4 is 11.1 Å². The number of carboxylic acid groups (broad SMARTS) is 1. The van der Waals surface area contributed by atoms with Crippen molar-refractivity contribution in [2.45, 2.75) is 76.8 Å². The Morgan fingerprint density at radius 2 is 1.93 bits per heavy atom. The lowest BCUT2D eigenvalue weighted by Gasteiger charge is -2.50. The van der Waals surface area contributed by atoms with Crippen molar-refractivity contribution in [2.24, 2.45) is 17.6 Å². The van der Waals surface area contributed by atoms with Crippen LogP contribution in [-0.4, -0.2) is 28.6 Å². The van der Waals surface area contributed by atoms with Crippen LogP contribution in [0.5, 0.6) is 0 Å². The molecule has 0 saturated heterocycles. The normalized spacial score (nSPS) is 23.9. The van der Waals surface area contributed by atoms with Crippen molar-refractivity contribution in [1.82, 2.24) is 5.32 Å². The molecule has 5 nitrogen and oxygen atoms in total. The first-order valence-corrected chi connectivity index (χ1v) is 10.2. The van der Waals surface area contributed by atoms with E-state index in [0.29, 0.717) is 18.8 Å². The monoisotopic (exact) mass is 374 g/mol. The predicted octanol–water partition coefficient (Wildman–Crippen LogP) is 3.51. The summed E-state index contributed by atoms with van der Waals surface area (Å²) in [5, 5.41) is 12.2. The van der Waals surface area contributed by atoms with E-state index in [4.69, 9.17) is 5.73 Å². The van der Waals surface area contributed by atoms with Crippen LogP contribution in [0.2, 0.25) is 0 Å². The molecule has 0 radical (unpaired) electrons. The van der Waals surface area contributed by atoms with Gasteiger partial charge in [-0.25, -0.2) is 0 Å². The standard InChI is InChI=1S/C22H34N2O3/c1-3-4-6-11-18(12-17-9-7-5-8-10-17)13-20(23)22(24-16(2)25)14-19(15-22)21(26)27/h5,7-10,18-20H,3-4,6,11-15,23H2,1-2H3,(H,24,25)(H,26,27). The van der Waals surface area contributed by atoms with Crippen LogP contribution in [0.4, 0.5) is 0 Å². The maximum absolute atomic E-state index is 11.7. The van der Waals surface area contributed by atoms with Crippen molar-refractivity contribution >= 4 is 11.9 Å². The number of rotatable bonds is 11. The van der Waals surface area contributed by atoms with Gasteiger partial charge < -0.3 is 16.2 Å². The van der Waals surface area contributed by atoms with Gasteiger partial charge in [0.1, 0.15) is 0 Å². The third-order valence-corrected chi connectivity index (χ3v) is 5.88. The average Bonchev–Trinajstić information content (AvgIpc) is 2.58. The fraction of sp³-hybridized carbons (Fsp3) is 0.636. The summed E-state index contributed by atoms with van der Waals surface area (Å²) in [4.78, 5) is 23.0. The molecule has 0 spiro atoms. The number of aliphatic carboxylic acids is 1. The van der Waals surface area contributed by atoms with E-state index in [1.165, 1.54) is 31.7 Å². The molecule has 27 heavy (non-hydrogen) atoms. The molecule has 2 atom stereocenters. The SMILES string of the molecule is CCCCCC(Cc1ccccc1)CC(N)C1(NC(C)=O)CC(C(=O)O)C1. The Bertz CT molecular complexity index is 611. The van der Waals surface area contributed by atoms with E-state index in [0.717, 1.165) is 19.3 Å². The zero-order chi connectivity index (χ0) is 19.9. The van der Waals surface area contributed by atoms with Crippen LogP contribution in [0.1, 0.15) is 64.4 Å². The highest BCUT2D eigenvalue weighted by Gasteiger charge is 2.52. The molecule has 2 unspecified atom stereocenters. The molecule has 5 heteroatoms. The van der Waals surface area contributed by atoms with Crippen LogP contribution in [0, 0.1) is 11.8 Å². The number of unbranched alkanes of at least 4 members (excludes halogenated alkanes) is 2. The molecular weight excluding hydrogens is 340 g/mol. The van der Waals surface area contributed by atoms with Gasteiger partial charge in [0.2, 0.25) is 5.91 Å². The van der Waals surface area contributed by atoms with Crippen molar-refractivity contribution < 1.29 is 14.7 Å². The first-order chi connectivity index (χ1) is 12.9. The van der Waals surface area contributed by atoms with E-state index >= 15 is 0 Å². The number of carbonyl (C=O) groups excluding carboxylic acids is 1. The van der Waals surface area contributed by atoms with E-state index in [9.17, 15) is 14.7 Å². The summed E-state index contributed by atoms with van der Waals surface area (Å²) in [6.45, 7) is 3.68. The summed E-state index contributed by atoms with van der Waals surface area (Å²) in [7, 11) is 0. The predicted molar refractivity (Wildman–Crippen MR) is 107 cm³/mol. The number of carboxylic acids is 1. The maximum atomic E-state index is 11.7. The smallest absolute Gasteiger partial charge is 0.306 e. The lowest BCUT2D eigenvalue weighted by molar-refractivity contribution is -0.150. The molecule has 1 aliphatic rings. The zero-order valence-corrected chi connectivity index (χ0v) is 16.6. The number of benzene rings is 1. The number of hydrogen-bond donors (Lipinski definition) is 3. The van der Waals surface area contributed by atoms with Crippen LogP contribution in [0.25, 0.3) is 0 Å². The van der Waals surface area contributed by atoms with Crippen LogP contribution in [-0.2, 0) is 16.0 Å². The first-order valence-electron chi connectivity index (χ1n) is 10.2. The number of carbonyl (C=O) groups is 2. The van der Waals surface area contributed by atoms with E-state index in [1.54, 1.807) is 0 Å². The Labute approximate surface area is 162 Å². The lowest BCUT2D eigenvalue weighted by Crippen LogP contribution is -2.67. The van der Waals surface area contributed by atoms with Crippen LogP contribution in [0.3, 0.4) is 0 Å². The van der Waals surface area contributed by atoms with E-state index in [1.807, 2.05) is 6.07 Å². The van der Waals surface area contributed by atoms with E-state index in [2.05, 4.69) is 36.5 Å². The van der Waals surface area contributed by atoms with Gasteiger partial charge in [0, 0.05) is 13.0 Å². The summed E-state index contributed by atoms with van der Waals surface area (Å²) in [6.07, 6.45) is 7.29. The molecule has 150 valence electrons. The van der Waals surface area contributed by atoms with Gasteiger partial charge in [-0.05, 0) is 37.2 Å². The molecule has 0 bridgehead atoms. The largest absolute Gasteiger partial charge is 0.481 e. The van der Waals surface area contributed by atoms with Gasteiger partial charge in [0.15, 0.2) is 0 Å². The van der Waals surface area contributed by atoms with Crippen molar-refractivity contribution in [1.29, 1.82) is 0 Å². The van der Waals surface area contributed by atoms with Crippen molar-refractivity contribution in [3.05, 3.63) is 35.9 Å². The molecule has 1 aromatic carbocycles. The summed E-state index contributed by atoms with van der Waals surface area (Å²) in [5.74, 6) is -0.911. The van der Waals surface area contributed by atoms with Gasteiger partial charge in [-0.2, -0.15) is 0 Å². The van der Waals surface area contributed by atoms with Crippen molar-refractivity contribution in [3.63, 3.8) is 0 Å². The molecule has 4 N–H and O–H groups in total. The third kappa shape index (κ3) is 6.06. The average molecular weight is 375 g/mol. The van der Waals surface area contributed by atoms with Gasteiger partial charge in [-0.1, -0.05) is 62.9 Å².